The summed E-state index contributed by atoms with van der Waals surface area (Å²) in [6.45, 7) is -1.35. The van der Waals surface area contributed by atoms with Crippen molar-refractivity contribution in [3.8, 4) is 5.75 Å². The highest BCUT2D eigenvalue weighted by Gasteiger charge is 2.40. The van der Waals surface area contributed by atoms with Gasteiger partial charge in [0.05, 0.1) is 0 Å². The van der Waals surface area contributed by atoms with Gasteiger partial charge in [-0.2, -0.15) is 13.2 Å². The lowest BCUT2D eigenvalue weighted by molar-refractivity contribution is -0.153. The zero-order valence-electron chi connectivity index (χ0n) is 13.9. The Morgan fingerprint density at radius 3 is 2.56 bits per heavy atom. The second-order valence-corrected chi connectivity index (χ2v) is 7.12. The van der Waals surface area contributed by atoms with E-state index >= 15 is 0 Å². The van der Waals surface area contributed by atoms with Crippen molar-refractivity contribution in [1.29, 1.82) is 0 Å². The molecule has 138 valence electrons. The third-order valence-corrected chi connectivity index (χ3v) is 5.29. The van der Waals surface area contributed by atoms with Gasteiger partial charge in [-0.25, -0.2) is 0 Å². The van der Waals surface area contributed by atoms with Crippen LogP contribution in [0.1, 0.15) is 32.1 Å². The molecule has 2 aliphatic carbocycles. The van der Waals surface area contributed by atoms with Crippen LogP contribution < -0.4 is 15.8 Å². The predicted molar refractivity (Wildman–Crippen MR) is 88.2 cm³/mol. The Labute approximate surface area is 144 Å². The Kier molecular flexibility index (Phi) is 5.22. The number of carbonyl (C=O) groups is 1. The maximum Gasteiger partial charge on any atom is 0.422 e. The number of ether oxygens (including phenoxy) is 1. The minimum Gasteiger partial charge on any atom is -0.484 e. The molecule has 2 fully saturated rings. The number of rotatable bonds is 4. The van der Waals surface area contributed by atoms with Gasteiger partial charge in [-0.15, -0.1) is 0 Å². The summed E-state index contributed by atoms with van der Waals surface area (Å²) in [6.07, 6.45) is 0.500. The number of halogens is 3. The smallest absolute Gasteiger partial charge is 0.422 e. The fraction of sp³-hybridized carbons (Fsp3) is 0.611. The van der Waals surface area contributed by atoms with Crippen LogP contribution in [-0.2, 0) is 4.79 Å². The fourth-order valence-electron chi connectivity index (χ4n) is 4.08. The number of benzene rings is 1. The maximum atomic E-state index is 12.6. The van der Waals surface area contributed by atoms with Crippen molar-refractivity contribution in [3.63, 3.8) is 0 Å². The Balaban J connectivity index is 1.59. The second-order valence-electron chi connectivity index (χ2n) is 7.12. The maximum absolute atomic E-state index is 12.6. The molecule has 0 spiro atoms. The first-order valence-corrected chi connectivity index (χ1v) is 8.68. The van der Waals surface area contributed by atoms with E-state index in [1.54, 1.807) is 12.1 Å². The third kappa shape index (κ3) is 4.66. The van der Waals surface area contributed by atoms with Gasteiger partial charge in [0.25, 0.3) is 0 Å². The van der Waals surface area contributed by atoms with Crippen LogP contribution in [-0.4, -0.2) is 24.7 Å². The van der Waals surface area contributed by atoms with E-state index in [0.717, 1.165) is 25.7 Å². The molecule has 0 aliphatic heterocycles. The molecule has 3 rings (SSSR count). The standard InChI is InChI=1S/C18H23F3N2O2/c19-18(20,21)10-25-15-6-2-5-14(9-15)23-17(24)13-7-11-3-1-4-12(8-13)16(11)22/h2,5-6,9,11-13,16H,1,3-4,7-8,10,22H2,(H,23,24). The molecule has 0 heterocycles. The summed E-state index contributed by atoms with van der Waals surface area (Å²) < 4.78 is 41.4. The van der Waals surface area contributed by atoms with Crippen LogP contribution in [0.5, 0.6) is 5.75 Å². The van der Waals surface area contributed by atoms with E-state index < -0.39 is 12.8 Å². The van der Waals surface area contributed by atoms with Gasteiger partial charge in [-0.05, 0) is 49.7 Å². The summed E-state index contributed by atoms with van der Waals surface area (Å²) in [5.74, 6) is 0.693. The van der Waals surface area contributed by atoms with Crippen LogP contribution in [0.15, 0.2) is 24.3 Å². The van der Waals surface area contributed by atoms with Crippen molar-refractivity contribution in [2.75, 3.05) is 11.9 Å². The molecule has 2 unspecified atom stereocenters. The second kappa shape index (κ2) is 7.23. The van der Waals surface area contributed by atoms with Crippen LogP contribution in [0.25, 0.3) is 0 Å². The van der Waals surface area contributed by atoms with Gasteiger partial charge >= 0.3 is 6.18 Å². The summed E-state index contributed by atoms with van der Waals surface area (Å²) >= 11 is 0. The Bertz CT molecular complexity index is 607. The van der Waals surface area contributed by atoms with E-state index in [0.29, 0.717) is 17.5 Å². The van der Waals surface area contributed by atoms with Gasteiger partial charge in [-0.3, -0.25) is 4.79 Å². The molecule has 2 atom stereocenters. The van der Waals surface area contributed by atoms with E-state index in [4.69, 9.17) is 10.5 Å². The normalized spacial score (nSPS) is 29.1. The molecule has 2 saturated carbocycles. The Morgan fingerprint density at radius 2 is 1.92 bits per heavy atom. The van der Waals surface area contributed by atoms with Crippen molar-refractivity contribution in [3.05, 3.63) is 24.3 Å². The van der Waals surface area contributed by atoms with Crippen LogP contribution >= 0.6 is 0 Å². The molecule has 1 aromatic carbocycles. The number of alkyl halides is 3. The molecule has 4 nitrogen and oxygen atoms in total. The number of nitrogens with two attached hydrogens (primary N) is 1. The summed E-state index contributed by atoms with van der Waals surface area (Å²) in [7, 11) is 0. The zero-order valence-corrected chi connectivity index (χ0v) is 13.9. The van der Waals surface area contributed by atoms with Crippen LogP contribution in [0.2, 0.25) is 0 Å². The summed E-state index contributed by atoms with van der Waals surface area (Å²) in [6, 6.07) is 6.25. The minimum absolute atomic E-state index is 0.0812. The Hall–Kier alpha value is -1.76. The van der Waals surface area contributed by atoms with Crippen molar-refractivity contribution in [2.45, 2.75) is 44.3 Å². The number of amides is 1. The number of carbonyl (C=O) groups excluding carboxylic acids is 1. The molecular weight excluding hydrogens is 333 g/mol. The monoisotopic (exact) mass is 356 g/mol. The molecule has 7 heteroatoms. The van der Waals surface area contributed by atoms with Gasteiger partial charge in [0.15, 0.2) is 6.61 Å². The Morgan fingerprint density at radius 1 is 1.24 bits per heavy atom. The number of hydrogen-bond donors (Lipinski definition) is 2. The quantitative estimate of drug-likeness (QED) is 0.864. The molecular formula is C18H23F3N2O2. The van der Waals surface area contributed by atoms with E-state index in [-0.39, 0.29) is 23.6 Å². The van der Waals surface area contributed by atoms with Gasteiger partial charge in [-0.1, -0.05) is 12.5 Å². The highest BCUT2D eigenvalue weighted by molar-refractivity contribution is 5.92. The first-order valence-electron chi connectivity index (χ1n) is 8.68. The van der Waals surface area contributed by atoms with Gasteiger partial charge in [0.1, 0.15) is 5.75 Å². The zero-order chi connectivity index (χ0) is 18.0. The summed E-state index contributed by atoms with van der Waals surface area (Å²) in [4.78, 5) is 12.6. The van der Waals surface area contributed by atoms with Gasteiger partial charge < -0.3 is 15.8 Å². The number of nitrogens with one attached hydrogen (secondary N) is 1. The van der Waals surface area contributed by atoms with E-state index in [1.807, 2.05) is 0 Å². The molecule has 0 aromatic heterocycles. The number of fused-ring (bicyclic) bond motifs is 2. The third-order valence-electron chi connectivity index (χ3n) is 5.29. The van der Waals surface area contributed by atoms with Crippen molar-refractivity contribution in [2.24, 2.45) is 23.5 Å². The minimum atomic E-state index is -4.39. The molecule has 0 radical (unpaired) electrons. The number of hydrogen-bond acceptors (Lipinski definition) is 3. The summed E-state index contributed by atoms with van der Waals surface area (Å²) in [5.41, 5.74) is 6.70. The van der Waals surface area contributed by atoms with Crippen molar-refractivity contribution >= 4 is 11.6 Å². The highest BCUT2D eigenvalue weighted by Crippen LogP contribution is 2.42. The topological polar surface area (TPSA) is 64.4 Å². The van der Waals surface area contributed by atoms with E-state index in [1.165, 1.54) is 18.6 Å². The lowest BCUT2D eigenvalue weighted by Crippen LogP contribution is -2.48. The van der Waals surface area contributed by atoms with Crippen LogP contribution in [0.4, 0.5) is 18.9 Å². The molecule has 2 aliphatic rings. The molecule has 1 aromatic rings. The summed E-state index contributed by atoms with van der Waals surface area (Å²) in [5, 5.41) is 2.81. The van der Waals surface area contributed by atoms with Crippen molar-refractivity contribution < 1.29 is 22.7 Å². The first kappa shape index (κ1) is 18.0. The molecule has 25 heavy (non-hydrogen) atoms. The number of anilines is 1. The predicted octanol–water partition coefficient (Wildman–Crippen LogP) is 3.72. The van der Waals surface area contributed by atoms with Gasteiger partial charge in [0, 0.05) is 23.7 Å². The average molecular weight is 356 g/mol. The SMILES string of the molecule is NC1C2CCCC1CC(C(=O)Nc1cccc(OCC(F)(F)F)c1)C2. The van der Waals surface area contributed by atoms with E-state index in [2.05, 4.69) is 5.32 Å². The molecule has 0 saturated heterocycles. The van der Waals surface area contributed by atoms with E-state index in [9.17, 15) is 18.0 Å². The lowest BCUT2D eigenvalue weighted by atomic mass is 9.65. The highest BCUT2D eigenvalue weighted by atomic mass is 19.4. The van der Waals surface area contributed by atoms with Gasteiger partial charge in [0.2, 0.25) is 5.91 Å². The molecule has 2 bridgehead atoms. The van der Waals surface area contributed by atoms with Crippen LogP contribution in [0, 0.1) is 17.8 Å². The van der Waals surface area contributed by atoms with Crippen molar-refractivity contribution in [1.82, 2.24) is 0 Å². The lowest BCUT2D eigenvalue weighted by Gasteiger charge is -2.43. The first-order chi connectivity index (χ1) is 11.8. The molecule has 1 amide bonds. The fourth-order valence-corrected chi connectivity index (χ4v) is 4.08. The van der Waals surface area contributed by atoms with Crippen LogP contribution in [0.3, 0.4) is 0 Å². The average Bonchev–Trinajstić information content (AvgIpc) is 2.52. The largest absolute Gasteiger partial charge is 0.484 e. The molecule has 3 N–H and O–H groups in total.